The minimum absolute atomic E-state index is 0.120. The van der Waals surface area contributed by atoms with E-state index < -0.39 is 0 Å². The van der Waals surface area contributed by atoms with Crippen molar-refractivity contribution in [1.29, 1.82) is 0 Å². The van der Waals surface area contributed by atoms with Gasteiger partial charge in [-0.15, -0.1) is 0 Å². The fourth-order valence-corrected chi connectivity index (χ4v) is 1.83. The van der Waals surface area contributed by atoms with Crippen molar-refractivity contribution < 1.29 is 4.79 Å². The lowest BCUT2D eigenvalue weighted by atomic mass is 10.1. The third-order valence-corrected chi connectivity index (χ3v) is 2.68. The molecule has 0 aliphatic carbocycles. The smallest absolute Gasteiger partial charge is 0.159 e. The van der Waals surface area contributed by atoms with Crippen LogP contribution in [0, 0.1) is 0 Å². The van der Waals surface area contributed by atoms with Gasteiger partial charge in [0.2, 0.25) is 0 Å². The van der Waals surface area contributed by atoms with E-state index in [4.69, 9.17) is 0 Å². The quantitative estimate of drug-likeness (QED) is 0.682. The van der Waals surface area contributed by atoms with Crippen molar-refractivity contribution in [3.8, 4) is 0 Å². The Labute approximate surface area is 89.5 Å². The molecule has 2 heteroatoms. The molecule has 0 aliphatic rings. The van der Waals surface area contributed by atoms with Gasteiger partial charge in [0.05, 0.1) is 0 Å². The molecule has 2 aromatic rings. The van der Waals surface area contributed by atoms with Crippen molar-refractivity contribution in [2.24, 2.45) is 0 Å². The number of ketones is 1. The Hall–Kier alpha value is -1.57. The first-order valence-electron chi connectivity index (χ1n) is 5.21. The molecule has 0 aliphatic heterocycles. The van der Waals surface area contributed by atoms with Crippen molar-refractivity contribution in [2.75, 3.05) is 0 Å². The zero-order valence-corrected chi connectivity index (χ0v) is 9.32. The molecule has 78 valence electrons. The third-order valence-electron chi connectivity index (χ3n) is 2.68. The number of Topliss-reactive ketones (excluding diaryl/α,β-unsaturated/α-hetero) is 1. The highest BCUT2D eigenvalue weighted by molar-refractivity contribution is 5.98. The zero-order chi connectivity index (χ0) is 11.0. The number of carbonyl (C=O) groups excluding carboxylic acids is 1. The molecule has 0 N–H and O–H groups in total. The summed E-state index contributed by atoms with van der Waals surface area (Å²) in [6.45, 7) is 5.90. The van der Waals surface area contributed by atoms with Crippen LogP contribution in [0.2, 0.25) is 0 Å². The van der Waals surface area contributed by atoms with Crippen molar-refractivity contribution in [3.63, 3.8) is 0 Å². The second-order valence-corrected chi connectivity index (χ2v) is 4.15. The lowest BCUT2D eigenvalue weighted by molar-refractivity contribution is 0.101. The van der Waals surface area contributed by atoms with Crippen LogP contribution in [0.1, 0.15) is 37.2 Å². The molecular weight excluding hydrogens is 186 g/mol. The fourth-order valence-electron chi connectivity index (χ4n) is 1.83. The summed E-state index contributed by atoms with van der Waals surface area (Å²) in [4.78, 5) is 11.2. The standard InChI is InChI=1S/C13H15NO/c1-9(2)14-7-6-12-8-11(10(3)15)4-5-13(12)14/h4-9H,1-3H3. The van der Waals surface area contributed by atoms with Crippen LogP contribution in [0.3, 0.4) is 0 Å². The highest BCUT2D eigenvalue weighted by Crippen LogP contribution is 2.21. The van der Waals surface area contributed by atoms with Crippen LogP contribution >= 0.6 is 0 Å². The zero-order valence-electron chi connectivity index (χ0n) is 9.32. The number of carbonyl (C=O) groups is 1. The van der Waals surface area contributed by atoms with Gasteiger partial charge < -0.3 is 4.57 Å². The average molecular weight is 201 g/mol. The molecule has 2 rings (SSSR count). The van der Waals surface area contributed by atoms with E-state index in [1.165, 1.54) is 5.52 Å². The predicted octanol–water partition coefficient (Wildman–Crippen LogP) is 3.42. The van der Waals surface area contributed by atoms with Crippen LogP contribution in [0.5, 0.6) is 0 Å². The lowest BCUT2D eigenvalue weighted by Gasteiger charge is -2.09. The first-order chi connectivity index (χ1) is 7.09. The number of nitrogens with zero attached hydrogens (tertiary/aromatic N) is 1. The molecular formula is C13H15NO. The first-order valence-corrected chi connectivity index (χ1v) is 5.21. The molecule has 0 fully saturated rings. The lowest BCUT2D eigenvalue weighted by Crippen LogP contribution is -1.98. The molecule has 0 bridgehead atoms. The third kappa shape index (κ3) is 1.67. The summed E-state index contributed by atoms with van der Waals surface area (Å²) in [7, 11) is 0. The Morgan fingerprint density at radius 1 is 1.27 bits per heavy atom. The SMILES string of the molecule is CC(=O)c1ccc2c(ccn2C(C)C)c1. The molecule has 1 aromatic carbocycles. The minimum Gasteiger partial charge on any atom is -0.345 e. The number of rotatable bonds is 2. The van der Waals surface area contributed by atoms with Crippen LogP contribution in [0.15, 0.2) is 30.5 Å². The van der Waals surface area contributed by atoms with Gasteiger partial charge in [0.1, 0.15) is 0 Å². The summed E-state index contributed by atoms with van der Waals surface area (Å²) in [5.41, 5.74) is 1.97. The van der Waals surface area contributed by atoms with E-state index in [0.29, 0.717) is 6.04 Å². The fraction of sp³-hybridized carbons (Fsp3) is 0.308. The maximum Gasteiger partial charge on any atom is 0.159 e. The van der Waals surface area contributed by atoms with Gasteiger partial charge in [-0.2, -0.15) is 0 Å². The molecule has 2 nitrogen and oxygen atoms in total. The Bertz CT molecular complexity index is 508. The van der Waals surface area contributed by atoms with Crippen LogP contribution in [0.25, 0.3) is 10.9 Å². The Balaban J connectivity index is 2.61. The number of aromatic nitrogens is 1. The summed E-state index contributed by atoms with van der Waals surface area (Å²) in [6.07, 6.45) is 2.07. The van der Waals surface area contributed by atoms with E-state index >= 15 is 0 Å². The molecule has 0 unspecified atom stereocenters. The van der Waals surface area contributed by atoms with Gasteiger partial charge >= 0.3 is 0 Å². The van der Waals surface area contributed by atoms with Gasteiger partial charge in [-0.3, -0.25) is 4.79 Å². The molecule has 0 radical (unpaired) electrons. The van der Waals surface area contributed by atoms with Gasteiger partial charge in [0, 0.05) is 28.7 Å². The average Bonchev–Trinajstić information content (AvgIpc) is 2.59. The first kappa shape index (κ1) is 9.97. The van der Waals surface area contributed by atoms with Crippen molar-refractivity contribution in [3.05, 3.63) is 36.0 Å². The van der Waals surface area contributed by atoms with Gasteiger partial charge in [0.15, 0.2) is 5.78 Å². The molecule has 0 saturated carbocycles. The van der Waals surface area contributed by atoms with Gasteiger partial charge in [-0.1, -0.05) is 0 Å². The number of fused-ring (bicyclic) bond motifs is 1. The summed E-state index contributed by atoms with van der Waals surface area (Å²) in [6, 6.07) is 8.37. The summed E-state index contributed by atoms with van der Waals surface area (Å²) in [5.74, 6) is 0.120. The largest absolute Gasteiger partial charge is 0.345 e. The van der Waals surface area contributed by atoms with Crippen molar-refractivity contribution >= 4 is 16.7 Å². The van der Waals surface area contributed by atoms with Gasteiger partial charge in [-0.25, -0.2) is 0 Å². The van der Waals surface area contributed by atoms with E-state index in [9.17, 15) is 4.79 Å². The van der Waals surface area contributed by atoms with Crippen molar-refractivity contribution in [1.82, 2.24) is 4.57 Å². The Morgan fingerprint density at radius 3 is 2.60 bits per heavy atom. The van der Waals surface area contributed by atoms with Crippen LogP contribution in [-0.2, 0) is 0 Å². The maximum atomic E-state index is 11.2. The number of hydrogen-bond acceptors (Lipinski definition) is 1. The molecule has 0 spiro atoms. The highest BCUT2D eigenvalue weighted by Gasteiger charge is 2.06. The Kier molecular flexibility index (Phi) is 2.35. The second-order valence-electron chi connectivity index (χ2n) is 4.15. The molecule has 0 amide bonds. The topological polar surface area (TPSA) is 22.0 Å². The van der Waals surface area contributed by atoms with E-state index in [0.717, 1.165) is 10.9 Å². The van der Waals surface area contributed by atoms with Crippen LogP contribution in [-0.4, -0.2) is 10.4 Å². The monoisotopic (exact) mass is 201 g/mol. The molecule has 1 heterocycles. The highest BCUT2D eigenvalue weighted by atomic mass is 16.1. The van der Waals surface area contributed by atoms with E-state index in [-0.39, 0.29) is 5.78 Å². The molecule has 0 atom stereocenters. The van der Waals surface area contributed by atoms with E-state index in [2.05, 4.69) is 30.7 Å². The summed E-state index contributed by atoms with van der Waals surface area (Å²) < 4.78 is 2.21. The summed E-state index contributed by atoms with van der Waals surface area (Å²) in [5, 5.41) is 1.14. The minimum atomic E-state index is 0.120. The van der Waals surface area contributed by atoms with E-state index in [1.807, 2.05) is 18.2 Å². The van der Waals surface area contributed by atoms with Crippen LogP contribution in [0.4, 0.5) is 0 Å². The molecule has 15 heavy (non-hydrogen) atoms. The normalized spacial score (nSPS) is 11.2. The molecule has 1 aromatic heterocycles. The Morgan fingerprint density at radius 2 is 2.00 bits per heavy atom. The van der Waals surface area contributed by atoms with Gasteiger partial charge in [0.25, 0.3) is 0 Å². The van der Waals surface area contributed by atoms with Gasteiger partial charge in [-0.05, 0) is 45.0 Å². The molecule has 0 saturated heterocycles. The maximum absolute atomic E-state index is 11.2. The summed E-state index contributed by atoms with van der Waals surface area (Å²) >= 11 is 0. The number of hydrogen-bond donors (Lipinski definition) is 0. The number of benzene rings is 1. The van der Waals surface area contributed by atoms with E-state index in [1.54, 1.807) is 6.92 Å². The second kappa shape index (κ2) is 3.54. The van der Waals surface area contributed by atoms with Crippen molar-refractivity contribution in [2.45, 2.75) is 26.8 Å². The predicted molar refractivity (Wildman–Crippen MR) is 62.3 cm³/mol. The van der Waals surface area contributed by atoms with Crippen LogP contribution < -0.4 is 0 Å².